The second kappa shape index (κ2) is 56.3. The number of hydrogen-bond donors (Lipinski definition) is 0. The molecule has 0 aliphatic heterocycles. The Morgan fingerprint density at radius 2 is 0.256 bits per heavy atom. The van der Waals surface area contributed by atoms with E-state index in [2.05, 4.69) is 0 Å². The topological polar surface area (TPSA) is 321 Å². The maximum atomic E-state index is 9.56. The summed E-state index contributed by atoms with van der Waals surface area (Å²) >= 11 is 0. The summed E-state index contributed by atoms with van der Waals surface area (Å²) in [6, 6.07) is 0. The molecule has 1 radical (unpaired) electrons. The number of rotatable bonds is 0. The number of halogens is 2. The predicted octanol–water partition coefficient (Wildman–Crippen LogP) is -9.56. The first-order chi connectivity index (χ1) is 17.9. The van der Waals surface area contributed by atoms with Crippen LogP contribution in [0.25, 0.3) is 0 Å². The minimum atomic E-state index is -4.94. The van der Waals surface area contributed by atoms with E-state index >= 15 is 0 Å². The Balaban J connectivity index is -0.0000000294. The second-order valence-corrected chi connectivity index (χ2v) is 20.1. The summed E-state index contributed by atoms with van der Waals surface area (Å²) in [4.78, 5) is 0. The van der Waals surface area contributed by atoms with Crippen molar-refractivity contribution in [2.24, 2.45) is 0 Å². The van der Waals surface area contributed by atoms with E-state index in [1.165, 1.54) is 0 Å². The summed E-state index contributed by atoms with van der Waals surface area (Å²) in [6.07, 6.45) is 26.2. The van der Waals surface area contributed by atoms with Crippen molar-refractivity contribution in [1.29, 1.82) is 0 Å². The van der Waals surface area contributed by atoms with Gasteiger partial charge in [0.25, 0.3) is 0 Å². The molecule has 0 heterocycles. The van der Waals surface area contributed by atoms with Crippen LogP contribution in [-0.2, 0) is 103 Å². The standard InChI is InChI=1S/8C2H6OS.2ClHO4.Cu/c8*1-4(2)3;2*2-1(3,4)5;/h8*1-2H3;2*(H,2,3,4,5);/q;;;;;;;;;;+2/p-2. The van der Waals surface area contributed by atoms with E-state index in [9.17, 15) is 33.7 Å². The van der Waals surface area contributed by atoms with Crippen molar-refractivity contribution in [3.05, 3.63) is 0 Å². The SMILES string of the molecule is CS(C)=O.CS(C)=O.CS(C)=O.CS(C)=O.CS(C)=O.CS(C)=O.CS(C)=O.CS(C)=O.[Cu+2].[O-][Cl+3]([O-])([O-])[O-].[O-][Cl+3]([O-])([O-])[O-]. The largest absolute Gasteiger partial charge is 2.00 e. The molecule has 27 heteroatoms. The molecule has 0 aromatic heterocycles. The van der Waals surface area contributed by atoms with Crippen LogP contribution in [0.4, 0.5) is 0 Å². The zero-order valence-corrected chi connectivity index (χ0v) is 35.8. The van der Waals surface area contributed by atoms with Gasteiger partial charge in [-0.3, -0.25) is 33.7 Å². The Hall–Kier alpha value is 1.98. The molecule has 16 nitrogen and oxygen atoms in total. The summed E-state index contributed by atoms with van der Waals surface area (Å²) in [5.74, 6) is 0. The minimum Gasteiger partial charge on any atom is -0.260 e. The fourth-order valence-corrected chi connectivity index (χ4v) is 0. The Labute approximate surface area is 292 Å². The molecule has 281 valence electrons. The molecule has 0 bridgehead atoms. The molecular formula is C16H48Cl2CuO16S8. The maximum Gasteiger partial charge on any atom is 2.00 e. The molecule has 0 N–H and O–H groups in total. The molecule has 0 unspecified atom stereocenters. The molecule has 0 rings (SSSR count). The van der Waals surface area contributed by atoms with Crippen LogP contribution >= 0.6 is 0 Å². The molecule has 0 atom stereocenters. The van der Waals surface area contributed by atoms with Crippen molar-refractivity contribution < 1.29 is 108 Å². The molecule has 43 heavy (non-hydrogen) atoms. The summed E-state index contributed by atoms with van der Waals surface area (Å²) in [7, 11) is -14.8. The molecule has 0 aromatic carbocycles. The summed E-state index contributed by atoms with van der Waals surface area (Å²) in [5, 5.41) is 0. The monoisotopic (exact) mass is 885 g/mol. The van der Waals surface area contributed by atoms with Gasteiger partial charge in [-0.2, -0.15) is 0 Å². The van der Waals surface area contributed by atoms with Crippen molar-refractivity contribution in [1.82, 2.24) is 0 Å². The van der Waals surface area contributed by atoms with Crippen LogP contribution in [-0.4, -0.2) is 134 Å². The van der Waals surface area contributed by atoms with Gasteiger partial charge in [-0.15, -0.1) is 20.5 Å². The van der Waals surface area contributed by atoms with Gasteiger partial charge in [0.1, 0.15) is 0 Å². The van der Waals surface area contributed by atoms with Crippen LogP contribution in [0, 0.1) is 20.5 Å². The first-order valence-electron chi connectivity index (χ1n) is 9.10. The third kappa shape index (κ3) is 19800. The van der Waals surface area contributed by atoms with Crippen molar-refractivity contribution in [2.45, 2.75) is 0 Å². The minimum absolute atomic E-state index is 0. The van der Waals surface area contributed by atoms with Crippen LogP contribution in [0.15, 0.2) is 0 Å². The van der Waals surface area contributed by atoms with E-state index in [1.54, 1.807) is 100 Å². The Kier molecular flexibility index (Phi) is 98.7. The van der Waals surface area contributed by atoms with E-state index in [0.717, 1.165) is 0 Å². The van der Waals surface area contributed by atoms with Crippen molar-refractivity contribution in [3.63, 3.8) is 0 Å². The van der Waals surface area contributed by atoms with E-state index in [0.29, 0.717) is 0 Å². The Bertz CT molecular complexity index is 537. The first-order valence-corrected chi connectivity index (χ1v) is 27.3. The van der Waals surface area contributed by atoms with E-state index in [1.807, 2.05) is 0 Å². The van der Waals surface area contributed by atoms with Crippen molar-refractivity contribution in [2.75, 3.05) is 100 Å². The average Bonchev–Trinajstić information content (AvgIpc) is 2.45. The molecule has 0 aliphatic carbocycles. The van der Waals surface area contributed by atoms with E-state index < -0.39 is 107 Å². The quantitative estimate of drug-likeness (QED) is 0.204. The van der Waals surface area contributed by atoms with Crippen LogP contribution in [0.2, 0.25) is 0 Å². The molecule has 0 amide bonds. The van der Waals surface area contributed by atoms with Crippen LogP contribution < -0.4 is 37.3 Å². The fourth-order valence-electron chi connectivity index (χ4n) is 0. The number of hydrogen-bond acceptors (Lipinski definition) is 16. The third-order valence-corrected chi connectivity index (χ3v) is 0. The molecule has 0 spiro atoms. The molecule has 0 aromatic rings. The van der Waals surface area contributed by atoms with Crippen molar-refractivity contribution in [3.8, 4) is 0 Å². The van der Waals surface area contributed by atoms with Gasteiger partial charge in [0.05, 0.1) is 0 Å². The third-order valence-electron chi connectivity index (χ3n) is 0. The zero-order valence-electron chi connectivity index (χ0n) is 26.9. The molecule has 0 aliphatic rings. The van der Waals surface area contributed by atoms with Crippen LogP contribution in [0.1, 0.15) is 0 Å². The molecule has 0 saturated carbocycles. The van der Waals surface area contributed by atoms with Gasteiger partial charge < -0.3 is 0 Å². The molecule has 0 fully saturated rings. The average molecular weight is 888 g/mol. The van der Waals surface area contributed by atoms with Gasteiger partial charge in [0.15, 0.2) is 0 Å². The predicted molar refractivity (Wildman–Crippen MR) is 160 cm³/mol. The molecule has 0 saturated heterocycles. The van der Waals surface area contributed by atoms with Crippen molar-refractivity contribution >= 4 is 86.4 Å². The molecular weight excluding hydrogens is 839 g/mol. The van der Waals surface area contributed by atoms with Gasteiger partial charge in [-0.1, -0.05) is 0 Å². The van der Waals surface area contributed by atoms with Crippen LogP contribution in [0.5, 0.6) is 0 Å². The smallest absolute Gasteiger partial charge is 0.260 e. The van der Waals surface area contributed by atoms with E-state index in [-0.39, 0.29) is 17.1 Å². The van der Waals surface area contributed by atoms with Gasteiger partial charge in [0.2, 0.25) is 0 Å². The Morgan fingerprint density at radius 3 is 0.256 bits per heavy atom. The summed E-state index contributed by atoms with van der Waals surface area (Å²) in [5.41, 5.74) is 0. The second-order valence-electron chi connectivity index (χ2n) is 6.69. The normalized spacial score (nSPS) is 9.30. The first kappa shape index (κ1) is 75.3. The maximum absolute atomic E-state index is 9.56. The van der Waals surface area contributed by atoms with Gasteiger partial charge in [-0.25, -0.2) is 37.3 Å². The van der Waals surface area contributed by atoms with Gasteiger partial charge in [0, 0.05) is 186 Å². The summed E-state index contributed by atoms with van der Waals surface area (Å²) < 4.78 is 144. The van der Waals surface area contributed by atoms with Gasteiger partial charge >= 0.3 is 17.1 Å². The van der Waals surface area contributed by atoms with Crippen LogP contribution in [0.3, 0.4) is 0 Å². The summed E-state index contributed by atoms with van der Waals surface area (Å²) in [6.45, 7) is 0. The fraction of sp³-hybridized carbons (Fsp3) is 1.00. The van der Waals surface area contributed by atoms with Gasteiger partial charge in [-0.05, 0) is 0 Å². The van der Waals surface area contributed by atoms with E-state index in [4.69, 9.17) is 37.3 Å². The Morgan fingerprint density at radius 1 is 0.256 bits per heavy atom. The zero-order chi connectivity index (χ0) is 37.6.